The summed E-state index contributed by atoms with van der Waals surface area (Å²) in [6, 6.07) is 14.7. The second kappa shape index (κ2) is 10.4. The van der Waals surface area contributed by atoms with E-state index in [1.165, 1.54) is 12.8 Å². The van der Waals surface area contributed by atoms with Gasteiger partial charge in [0.25, 0.3) is 5.91 Å². The molecule has 0 spiro atoms. The van der Waals surface area contributed by atoms with Crippen molar-refractivity contribution in [2.24, 2.45) is 0 Å². The molecule has 0 unspecified atom stereocenters. The van der Waals surface area contributed by atoms with Crippen molar-refractivity contribution in [2.75, 3.05) is 18.5 Å². The van der Waals surface area contributed by atoms with Crippen molar-refractivity contribution in [3.63, 3.8) is 0 Å². The van der Waals surface area contributed by atoms with E-state index in [1.54, 1.807) is 12.1 Å². The number of amides is 1. The molecule has 2 rings (SSSR count). The van der Waals surface area contributed by atoms with Crippen LogP contribution >= 0.6 is 0 Å². The zero-order chi connectivity index (χ0) is 17.9. The highest BCUT2D eigenvalue weighted by Gasteiger charge is 2.07. The van der Waals surface area contributed by atoms with E-state index in [0.717, 1.165) is 30.0 Å². The van der Waals surface area contributed by atoms with E-state index in [9.17, 15) is 4.79 Å². The molecule has 2 aromatic rings. The summed E-state index contributed by atoms with van der Waals surface area (Å²) in [6.07, 6.45) is 4.34. The van der Waals surface area contributed by atoms with Crippen molar-refractivity contribution in [3.05, 3.63) is 54.1 Å². The number of anilines is 1. The van der Waals surface area contributed by atoms with Gasteiger partial charge in [0.1, 0.15) is 11.5 Å². The quantitative estimate of drug-likeness (QED) is 0.597. The van der Waals surface area contributed by atoms with Gasteiger partial charge in [-0.3, -0.25) is 4.79 Å². The molecule has 134 valence electrons. The van der Waals surface area contributed by atoms with Gasteiger partial charge in [-0.1, -0.05) is 32.8 Å². The van der Waals surface area contributed by atoms with Crippen LogP contribution in [0.15, 0.2) is 48.5 Å². The zero-order valence-electron chi connectivity index (χ0n) is 15.1. The minimum Gasteiger partial charge on any atom is -0.494 e. The number of hydrogen-bond donors (Lipinski definition) is 1. The Bertz CT molecular complexity index is 652. The van der Waals surface area contributed by atoms with Crippen molar-refractivity contribution >= 4 is 11.6 Å². The summed E-state index contributed by atoms with van der Waals surface area (Å²) in [6.45, 7) is 5.60. The molecular weight excluding hydrogens is 314 g/mol. The van der Waals surface area contributed by atoms with Crippen LogP contribution in [0.3, 0.4) is 0 Å². The lowest BCUT2D eigenvalue weighted by atomic mass is 10.2. The third-order valence-electron chi connectivity index (χ3n) is 3.70. The summed E-state index contributed by atoms with van der Waals surface area (Å²) >= 11 is 0. The first kappa shape index (κ1) is 18.8. The molecule has 25 heavy (non-hydrogen) atoms. The lowest BCUT2D eigenvalue weighted by Gasteiger charge is -2.09. The van der Waals surface area contributed by atoms with Gasteiger partial charge in [0.05, 0.1) is 13.2 Å². The third-order valence-corrected chi connectivity index (χ3v) is 3.70. The SMILES string of the molecule is CCCCCOc1ccc(C(=O)Nc2cccc(OCCC)c2)cc1. The Morgan fingerprint density at radius 1 is 0.880 bits per heavy atom. The van der Waals surface area contributed by atoms with Crippen LogP contribution in [0.1, 0.15) is 49.9 Å². The van der Waals surface area contributed by atoms with E-state index in [-0.39, 0.29) is 5.91 Å². The topological polar surface area (TPSA) is 47.6 Å². The molecule has 0 radical (unpaired) electrons. The molecule has 0 aromatic heterocycles. The predicted octanol–water partition coefficient (Wildman–Crippen LogP) is 5.30. The van der Waals surface area contributed by atoms with Crippen molar-refractivity contribution in [2.45, 2.75) is 39.5 Å². The standard InChI is InChI=1S/C21H27NO3/c1-3-5-6-15-25-19-12-10-17(11-13-19)21(23)22-18-8-7-9-20(16-18)24-14-4-2/h7-13,16H,3-6,14-15H2,1-2H3,(H,22,23). The van der Waals surface area contributed by atoms with Gasteiger partial charge in [-0.15, -0.1) is 0 Å². The Kier molecular flexibility index (Phi) is 7.83. The highest BCUT2D eigenvalue weighted by Crippen LogP contribution is 2.19. The first-order valence-corrected chi connectivity index (χ1v) is 9.00. The van der Waals surface area contributed by atoms with Crippen molar-refractivity contribution < 1.29 is 14.3 Å². The molecule has 1 amide bonds. The Hall–Kier alpha value is -2.49. The highest BCUT2D eigenvalue weighted by atomic mass is 16.5. The van der Waals surface area contributed by atoms with Gasteiger partial charge in [0.2, 0.25) is 0 Å². The molecule has 0 heterocycles. The monoisotopic (exact) mass is 341 g/mol. The van der Waals surface area contributed by atoms with Gasteiger partial charge in [-0.05, 0) is 49.2 Å². The number of unbranched alkanes of at least 4 members (excludes halogenated alkanes) is 2. The number of ether oxygens (including phenoxy) is 2. The fourth-order valence-electron chi connectivity index (χ4n) is 2.33. The number of nitrogens with one attached hydrogen (secondary N) is 1. The van der Waals surface area contributed by atoms with E-state index < -0.39 is 0 Å². The van der Waals surface area contributed by atoms with Crippen LogP contribution in [0, 0.1) is 0 Å². The zero-order valence-corrected chi connectivity index (χ0v) is 15.1. The predicted molar refractivity (Wildman–Crippen MR) is 102 cm³/mol. The summed E-state index contributed by atoms with van der Waals surface area (Å²) in [5, 5.41) is 2.89. The number of carbonyl (C=O) groups excluding carboxylic acids is 1. The highest BCUT2D eigenvalue weighted by molar-refractivity contribution is 6.04. The van der Waals surface area contributed by atoms with Gasteiger partial charge in [0, 0.05) is 17.3 Å². The smallest absolute Gasteiger partial charge is 0.255 e. The average molecular weight is 341 g/mol. The Morgan fingerprint density at radius 2 is 1.64 bits per heavy atom. The van der Waals surface area contributed by atoms with Crippen LogP contribution in [-0.2, 0) is 0 Å². The molecule has 2 aromatic carbocycles. The molecule has 0 fully saturated rings. The third kappa shape index (κ3) is 6.49. The Labute approximate surface area is 150 Å². The minimum atomic E-state index is -0.148. The fourth-order valence-corrected chi connectivity index (χ4v) is 2.33. The van der Waals surface area contributed by atoms with Crippen LogP contribution in [-0.4, -0.2) is 19.1 Å². The summed E-state index contributed by atoms with van der Waals surface area (Å²) < 4.78 is 11.3. The van der Waals surface area contributed by atoms with Gasteiger partial charge in [0.15, 0.2) is 0 Å². The summed E-state index contributed by atoms with van der Waals surface area (Å²) in [7, 11) is 0. The van der Waals surface area contributed by atoms with E-state index >= 15 is 0 Å². The van der Waals surface area contributed by atoms with E-state index in [0.29, 0.717) is 18.8 Å². The molecule has 0 aliphatic heterocycles. The average Bonchev–Trinajstić information content (AvgIpc) is 2.64. The molecule has 0 saturated carbocycles. The second-order valence-electron chi connectivity index (χ2n) is 5.91. The first-order chi connectivity index (χ1) is 12.2. The number of rotatable bonds is 10. The normalized spacial score (nSPS) is 10.3. The van der Waals surface area contributed by atoms with Crippen molar-refractivity contribution in [1.29, 1.82) is 0 Å². The van der Waals surface area contributed by atoms with Gasteiger partial charge < -0.3 is 14.8 Å². The lowest BCUT2D eigenvalue weighted by Crippen LogP contribution is -2.12. The molecule has 4 nitrogen and oxygen atoms in total. The summed E-state index contributed by atoms with van der Waals surface area (Å²) in [5.41, 5.74) is 1.32. The van der Waals surface area contributed by atoms with Crippen LogP contribution in [0.25, 0.3) is 0 Å². The lowest BCUT2D eigenvalue weighted by molar-refractivity contribution is 0.102. The first-order valence-electron chi connectivity index (χ1n) is 9.00. The molecule has 0 bridgehead atoms. The van der Waals surface area contributed by atoms with Crippen LogP contribution < -0.4 is 14.8 Å². The van der Waals surface area contributed by atoms with E-state index in [4.69, 9.17) is 9.47 Å². The molecule has 4 heteroatoms. The van der Waals surface area contributed by atoms with Gasteiger partial charge in [-0.25, -0.2) is 0 Å². The van der Waals surface area contributed by atoms with Crippen LogP contribution in [0.5, 0.6) is 11.5 Å². The van der Waals surface area contributed by atoms with Crippen molar-refractivity contribution in [1.82, 2.24) is 0 Å². The Balaban J connectivity index is 1.90. The number of hydrogen-bond acceptors (Lipinski definition) is 3. The minimum absolute atomic E-state index is 0.148. The van der Waals surface area contributed by atoms with Crippen LogP contribution in [0.4, 0.5) is 5.69 Å². The van der Waals surface area contributed by atoms with Crippen LogP contribution in [0.2, 0.25) is 0 Å². The summed E-state index contributed by atoms with van der Waals surface area (Å²) in [5.74, 6) is 1.41. The summed E-state index contributed by atoms with van der Waals surface area (Å²) in [4.78, 5) is 12.4. The largest absolute Gasteiger partial charge is 0.494 e. The second-order valence-corrected chi connectivity index (χ2v) is 5.91. The maximum atomic E-state index is 12.4. The van der Waals surface area contributed by atoms with E-state index in [1.807, 2.05) is 36.4 Å². The fraction of sp³-hybridized carbons (Fsp3) is 0.381. The molecule has 1 N–H and O–H groups in total. The number of carbonyl (C=O) groups is 1. The van der Waals surface area contributed by atoms with Gasteiger partial charge >= 0.3 is 0 Å². The maximum Gasteiger partial charge on any atom is 0.255 e. The van der Waals surface area contributed by atoms with Crippen molar-refractivity contribution in [3.8, 4) is 11.5 Å². The molecule has 0 atom stereocenters. The van der Waals surface area contributed by atoms with E-state index in [2.05, 4.69) is 19.2 Å². The number of benzene rings is 2. The molecule has 0 saturated heterocycles. The molecular formula is C21H27NO3. The van der Waals surface area contributed by atoms with Gasteiger partial charge in [-0.2, -0.15) is 0 Å². The Morgan fingerprint density at radius 3 is 2.36 bits per heavy atom. The molecule has 0 aliphatic rings. The maximum absolute atomic E-state index is 12.4. The molecule has 0 aliphatic carbocycles.